The summed E-state index contributed by atoms with van der Waals surface area (Å²) in [6.45, 7) is 12.1. The van der Waals surface area contributed by atoms with Crippen molar-refractivity contribution in [1.82, 2.24) is 5.32 Å². The van der Waals surface area contributed by atoms with Crippen LogP contribution in [-0.2, 0) is 9.53 Å². The molecule has 5 nitrogen and oxygen atoms in total. The zero-order valence-corrected chi connectivity index (χ0v) is 24.7. The third-order valence-electron chi connectivity index (χ3n) is 6.86. The van der Waals surface area contributed by atoms with E-state index in [2.05, 4.69) is 34.6 Å². The maximum atomic E-state index is 12.7. The number of amides is 1. The van der Waals surface area contributed by atoms with Crippen LogP contribution in [0.5, 0.6) is 0 Å². The monoisotopic (exact) mass is 592 g/mol. The molecule has 0 bridgehead atoms. The van der Waals surface area contributed by atoms with Gasteiger partial charge in [0.05, 0.1) is 19.6 Å². The van der Waals surface area contributed by atoms with Gasteiger partial charge < -0.3 is 10.1 Å². The van der Waals surface area contributed by atoms with E-state index in [1.807, 2.05) is 42.5 Å². The summed E-state index contributed by atoms with van der Waals surface area (Å²) in [7, 11) is 0. The molecule has 3 aromatic carbocycles. The largest absolute Gasteiger partial charge is 0.466 e. The second-order valence-electron chi connectivity index (χ2n) is 9.46. The Morgan fingerprint density at radius 2 is 1.70 bits per heavy atom. The Morgan fingerprint density at radius 3 is 2.35 bits per heavy atom. The number of carbonyl (C=O) groups is 2. The quantitative estimate of drug-likeness (QED) is 0.139. The van der Waals surface area contributed by atoms with Crippen molar-refractivity contribution < 1.29 is 14.3 Å². The molecule has 0 aliphatic rings. The molecule has 0 aliphatic heterocycles. The van der Waals surface area contributed by atoms with E-state index >= 15 is 0 Å². The maximum absolute atomic E-state index is 12.7. The minimum Gasteiger partial charge on any atom is -0.466 e. The van der Waals surface area contributed by atoms with Crippen LogP contribution >= 0.6 is 34.5 Å². The van der Waals surface area contributed by atoms with Gasteiger partial charge in [-0.05, 0) is 83.1 Å². The predicted molar refractivity (Wildman–Crippen MR) is 164 cm³/mol. The first-order valence-electron chi connectivity index (χ1n) is 13.2. The number of carbonyl (C=O) groups excluding carboxylic acids is 2. The SMILES string of the molecule is [C-]#[N+]c1cc(Cl)cc2c(C(c3ccc(Cl)cc3)[C@H](CCC)c3ccc(C(=O)NCCC(=O)OCC)cc3)csc12. The number of ether oxygens (including phenoxy) is 1. The van der Waals surface area contributed by atoms with Crippen LogP contribution in [0, 0.1) is 6.57 Å². The van der Waals surface area contributed by atoms with E-state index in [1.54, 1.807) is 24.3 Å². The molecule has 1 heterocycles. The molecule has 206 valence electrons. The lowest BCUT2D eigenvalue weighted by Crippen LogP contribution is -2.26. The summed E-state index contributed by atoms with van der Waals surface area (Å²) in [6.07, 6.45) is 2.00. The van der Waals surface area contributed by atoms with Crippen molar-refractivity contribution in [1.29, 1.82) is 0 Å². The molecular formula is C32H30Cl2N2O3S. The van der Waals surface area contributed by atoms with E-state index in [1.165, 1.54) is 0 Å². The molecule has 0 radical (unpaired) electrons. The number of hydrogen-bond donors (Lipinski definition) is 1. The van der Waals surface area contributed by atoms with Gasteiger partial charge >= 0.3 is 5.97 Å². The summed E-state index contributed by atoms with van der Waals surface area (Å²) >= 11 is 14.3. The minimum atomic E-state index is -0.334. The number of rotatable bonds is 11. The first kappa shape index (κ1) is 29.6. The van der Waals surface area contributed by atoms with Gasteiger partial charge in [0.1, 0.15) is 0 Å². The lowest BCUT2D eigenvalue weighted by atomic mass is 9.75. The Balaban J connectivity index is 1.70. The minimum absolute atomic E-state index is 0.0210. The molecule has 8 heteroatoms. The zero-order chi connectivity index (χ0) is 28.6. The molecule has 0 aliphatic carbocycles. The molecule has 0 saturated heterocycles. The number of hydrogen-bond acceptors (Lipinski definition) is 4. The number of nitrogens with zero attached hydrogens (tertiary/aromatic N) is 1. The van der Waals surface area contributed by atoms with E-state index in [9.17, 15) is 9.59 Å². The van der Waals surface area contributed by atoms with Crippen molar-refractivity contribution in [2.75, 3.05) is 13.2 Å². The van der Waals surface area contributed by atoms with Gasteiger partial charge in [0.15, 0.2) is 0 Å². The molecule has 2 atom stereocenters. The molecule has 0 saturated carbocycles. The molecule has 1 aromatic heterocycles. The van der Waals surface area contributed by atoms with Gasteiger partial charge in [0, 0.05) is 32.8 Å². The Hall–Kier alpha value is -3.37. The summed E-state index contributed by atoms with van der Waals surface area (Å²) in [5.74, 6) is -0.491. The first-order valence-corrected chi connectivity index (χ1v) is 14.9. The topological polar surface area (TPSA) is 59.8 Å². The molecule has 0 spiro atoms. The number of thiophene rings is 1. The van der Waals surface area contributed by atoms with Crippen LogP contribution in [0.2, 0.25) is 10.0 Å². The van der Waals surface area contributed by atoms with Crippen molar-refractivity contribution in [2.45, 2.75) is 44.9 Å². The molecule has 1 amide bonds. The van der Waals surface area contributed by atoms with E-state index in [0.29, 0.717) is 27.9 Å². The second-order valence-corrected chi connectivity index (χ2v) is 11.2. The third-order valence-corrected chi connectivity index (χ3v) is 8.36. The highest BCUT2D eigenvalue weighted by atomic mass is 35.5. The van der Waals surface area contributed by atoms with Crippen molar-refractivity contribution in [3.8, 4) is 0 Å². The van der Waals surface area contributed by atoms with Crippen molar-refractivity contribution >= 4 is 62.2 Å². The van der Waals surface area contributed by atoms with E-state index < -0.39 is 0 Å². The lowest BCUT2D eigenvalue weighted by Gasteiger charge is -2.29. The summed E-state index contributed by atoms with van der Waals surface area (Å²) in [6, 6.07) is 19.3. The molecule has 1 N–H and O–H groups in total. The molecule has 0 fully saturated rings. The fourth-order valence-electron chi connectivity index (χ4n) is 5.06. The number of nitrogens with one attached hydrogen (secondary N) is 1. The Kier molecular flexibility index (Phi) is 10.2. The van der Waals surface area contributed by atoms with Crippen LogP contribution in [0.25, 0.3) is 14.9 Å². The van der Waals surface area contributed by atoms with Gasteiger partial charge in [-0.15, -0.1) is 0 Å². The normalized spacial score (nSPS) is 12.5. The highest BCUT2D eigenvalue weighted by Gasteiger charge is 2.29. The van der Waals surface area contributed by atoms with Crippen molar-refractivity contribution in [2.24, 2.45) is 0 Å². The Bertz CT molecular complexity index is 1530. The number of benzene rings is 3. The molecule has 40 heavy (non-hydrogen) atoms. The predicted octanol–water partition coefficient (Wildman–Crippen LogP) is 9.16. The van der Waals surface area contributed by atoms with Gasteiger partial charge in [-0.25, -0.2) is 4.85 Å². The zero-order valence-electron chi connectivity index (χ0n) is 22.4. The summed E-state index contributed by atoms with van der Waals surface area (Å²) in [4.78, 5) is 28.0. The van der Waals surface area contributed by atoms with E-state index in [-0.39, 0.29) is 36.7 Å². The second kappa shape index (κ2) is 13.8. The molecule has 4 aromatic rings. The molecule has 1 unspecified atom stereocenters. The van der Waals surface area contributed by atoms with E-state index in [0.717, 1.165) is 39.6 Å². The standard InChI is InChI=1S/C32H30Cl2N2O3S/c1-4-6-25(20-7-9-22(10-8-20)32(38)36-16-15-29(37)39-5-2)30(21-11-13-23(33)14-12-21)27-19-40-31-26(27)17-24(34)18-28(31)35-3/h7-14,17-19,25,30H,4-6,15-16H2,1-2H3,(H,36,38)/t25-,30?/m1/s1. The Morgan fingerprint density at radius 1 is 1.00 bits per heavy atom. The average Bonchev–Trinajstić information content (AvgIpc) is 3.36. The van der Waals surface area contributed by atoms with Crippen molar-refractivity contribution in [3.05, 3.63) is 110 Å². The first-order chi connectivity index (χ1) is 19.4. The third kappa shape index (κ3) is 6.85. The smallest absolute Gasteiger partial charge is 0.307 e. The summed E-state index contributed by atoms with van der Waals surface area (Å²) in [5.41, 5.74) is 4.43. The van der Waals surface area contributed by atoms with Gasteiger partial charge in [-0.2, -0.15) is 11.3 Å². The summed E-state index contributed by atoms with van der Waals surface area (Å²) in [5, 5.41) is 7.13. The van der Waals surface area contributed by atoms with Gasteiger partial charge in [-0.1, -0.05) is 60.8 Å². The fraction of sp³-hybridized carbons (Fsp3) is 0.281. The van der Waals surface area contributed by atoms with Crippen LogP contribution in [0.4, 0.5) is 5.69 Å². The van der Waals surface area contributed by atoms with Gasteiger partial charge in [0.2, 0.25) is 5.69 Å². The number of fused-ring (bicyclic) bond motifs is 1. The van der Waals surface area contributed by atoms with Crippen LogP contribution in [0.3, 0.4) is 0 Å². The summed E-state index contributed by atoms with van der Waals surface area (Å²) < 4.78 is 5.85. The van der Waals surface area contributed by atoms with Gasteiger partial charge in [-0.3, -0.25) is 9.59 Å². The molecule has 4 rings (SSSR count). The number of halogens is 2. The van der Waals surface area contributed by atoms with Crippen LogP contribution < -0.4 is 5.32 Å². The highest BCUT2D eigenvalue weighted by Crippen LogP contribution is 2.48. The van der Waals surface area contributed by atoms with E-state index in [4.69, 9.17) is 34.5 Å². The molecular weight excluding hydrogens is 563 g/mol. The fourth-order valence-corrected chi connectivity index (χ4v) is 6.44. The average molecular weight is 594 g/mol. The van der Waals surface area contributed by atoms with Crippen molar-refractivity contribution in [3.63, 3.8) is 0 Å². The highest BCUT2D eigenvalue weighted by molar-refractivity contribution is 7.18. The van der Waals surface area contributed by atoms with Crippen LogP contribution in [-0.4, -0.2) is 25.0 Å². The Labute approximate surface area is 248 Å². The lowest BCUT2D eigenvalue weighted by molar-refractivity contribution is -0.142. The maximum Gasteiger partial charge on any atom is 0.307 e. The van der Waals surface area contributed by atoms with Crippen LogP contribution in [0.1, 0.15) is 72.0 Å². The van der Waals surface area contributed by atoms with Crippen LogP contribution in [0.15, 0.2) is 66.0 Å². The number of esters is 1. The van der Waals surface area contributed by atoms with Gasteiger partial charge in [0.25, 0.3) is 5.91 Å².